The zero-order valence-electron chi connectivity index (χ0n) is 9.54. The molecule has 1 rings (SSSR count). The van der Waals surface area contributed by atoms with E-state index in [9.17, 15) is 9.90 Å². The SMILES string of the molecule is CC(C)(C)CNC(=O)[C@H]1C[C@H](O)CN1.Cl. The van der Waals surface area contributed by atoms with Gasteiger partial charge in [0.25, 0.3) is 0 Å². The van der Waals surface area contributed by atoms with E-state index in [1.165, 1.54) is 0 Å². The first-order chi connectivity index (χ1) is 6.38. The molecule has 1 saturated heterocycles. The summed E-state index contributed by atoms with van der Waals surface area (Å²) in [6.07, 6.45) is 0.149. The molecule has 0 aromatic carbocycles. The summed E-state index contributed by atoms with van der Waals surface area (Å²) < 4.78 is 0. The average molecular weight is 237 g/mol. The quantitative estimate of drug-likeness (QED) is 0.646. The van der Waals surface area contributed by atoms with Gasteiger partial charge in [-0.25, -0.2) is 0 Å². The van der Waals surface area contributed by atoms with Gasteiger partial charge in [0.15, 0.2) is 0 Å². The third-order valence-corrected chi connectivity index (χ3v) is 2.22. The summed E-state index contributed by atoms with van der Waals surface area (Å²) in [5, 5.41) is 15.1. The van der Waals surface area contributed by atoms with Gasteiger partial charge in [0, 0.05) is 13.1 Å². The van der Waals surface area contributed by atoms with Gasteiger partial charge < -0.3 is 15.7 Å². The van der Waals surface area contributed by atoms with E-state index < -0.39 is 0 Å². The van der Waals surface area contributed by atoms with E-state index in [0.717, 1.165) is 0 Å². The highest BCUT2D eigenvalue weighted by atomic mass is 35.5. The highest BCUT2D eigenvalue weighted by Gasteiger charge is 2.28. The van der Waals surface area contributed by atoms with Crippen molar-refractivity contribution in [2.75, 3.05) is 13.1 Å². The molecule has 0 aliphatic carbocycles. The lowest BCUT2D eigenvalue weighted by Crippen LogP contribution is -2.43. The number of rotatable bonds is 2. The van der Waals surface area contributed by atoms with Crippen LogP contribution in [0.2, 0.25) is 0 Å². The maximum atomic E-state index is 11.6. The lowest BCUT2D eigenvalue weighted by Gasteiger charge is -2.20. The molecule has 1 heterocycles. The third kappa shape index (κ3) is 5.35. The lowest BCUT2D eigenvalue weighted by molar-refractivity contribution is -0.123. The van der Waals surface area contributed by atoms with Crippen LogP contribution in [0.15, 0.2) is 0 Å². The number of aliphatic hydroxyl groups excluding tert-OH is 1. The molecule has 2 atom stereocenters. The molecule has 1 aliphatic heterocycles. The molecule has 1 aliphatic rings. The van der Waals surface area contributed by atoms with Crippen molar-refractivity contribution in [3.8, 4) is 0 Å². The molecular formula is C10H21ClN2O2. The molecule has 90 valence electrons. The Labute approximate surface area is 97.2 Å². The van der Waals surface area contributed by atoms with Gasteiger partial charge in [-0.3, -0.25) is 4.79 Å². The predicted molar refractivity (Wildman–Crippen MR) is 62.1 cm³/mol. The summed E-state index contributed by atoms with van der Waals surface area (Å²) in [5.74, 6) is -0.00326. The standard InChI is InChI=1S/C10H20N2O2.ClH/c1-10(2,3)6-12-9(14)8-4-7(13)5-11-8;/h7-8,11,13H,4-6H2,1-3H3,(H,12,14);1H/t7-,8+;/m0./s1. The monoisotopic (exact) mass is 236 g/mol. The summed E-state index contributed by atoms with van der Waals surface area (Å²) >= 11 is 0. The number of β-amino-alcohol motifs (C(OH)–C–C–N with tert-alkyl or cyclic N) is 1. The van der Waals surface area contributed by atoms with Crippen LogP contribution in [0.4, 0.5) is 0 Å². The van der Waals surface area contributed by atoms with Crippen LogP contribution in [0.1, 0.15) is 27.2 Å². The van der Waals surface area contributed by atoms with Crippen molar-refractivity contribution in [1.82, 2.24) is 10.6 Å². The minimum absolute atomic E-state index is 0. The maximum absolute atomic E-state index is 11.6. The first kappa shape index (κ1) is 14.7. The van der Waals surface area contributed by atoms with Gasteiger partial charge in [-0.15, -0.1) is 12.4 Å². The molecule has 0 bridgehead atoms. The lowest BCUT2D eigenvalue weighted by atomic mass is 9.97. The van der Waals surface area contributed by atoms with Crippen molar-refractivity contribution in [2.24, 2.45) is 5.41 Å². The van der Waals surface area contributed by atoms with Crippen LogP contribution in [0.25, 0.3) is 0 Å². The maximum Gasteiger partial charge on any atom is 0.237 e. The molecule has 5 heteroatoms. The van der Waals surface area contributed by atoms with Gasteiger partial charge in [0.2, 0.25) is 5.91 Å². The number of aliphatic hydroxyl groups is 1. The topological polar surface area (TPSA) is 61.4 Å². The Balaban J connectivity index is 0.00000196. The van der Waals surface area contributed by atoms with E-state index in [1.807, 2.05) is 0 Å². The molecule has 0 spiro atoms. The summed E-state index contributed by atoms with van der Waals surface area (Å²) in [4.78, 5) is 11.6. The summed E-state index contributed by atoms with van der Waals surface area (Å²) in [5.41, 5.74) is 0.104. The molecule has 1 amide bonds. The number of hydrogen-bond donors (Lipinski definition) is 3. The highest BCUT2D eigenvalue weighted by molar-refractivity contribution is 5.85. The third-order valence-electron chi connectivity index (χ3n) is 2.22. The molecule has 15 heavy (non-hydrogen) atoms. The number of halogens is 1. The first-order valence-corrected chi connectivity index (χ1v) is 5.08. The van der Waals surface area contributed by atoms with Gasteiger partial charge >= 0.3 is 0 Å². The Kier molecular flexibility index (Phi) is 5.56. The summed E-state index contributed by atoms with van der Waals surface area (Å²) in [6, 6.07) is -0.215. The molecule has 0 aromatic rings. The van der Waals surface area contributed by atoms with Crippen LogP contribution >= 0.6 is 12.4 Å². The Morgan fingerprint density at radius 1 is 1.53 bits per heavy atom. The van der Waals surface area contributed by atoms with Crippen LogP contribution < -0.4 is 10.6 Å². The number of nitrogens with one attached hydrogen (secondary N) is 2. The van der Waals surface area contributed by atoms with Crippen molar-refractivity contribution < 1.29 is 9.90 Å². The Morgan fingerprint density at radius 2 is 2.13 bits per heavy atom. The molecule has 0 radical (unpaired) electrons. The molecule has 0 aromatic heterocycles. The average Bonchev–Trinajstić information content (AvgIpc) is 2.46. The number of hydrogen-bond acceptors (Lipinski definition) is 3. The minimum Gasteiger partial charge on any atom is -0.392 e. The molecular weight excluding hydrogens is 216 g/mol. The molecule has 1 fully saturated rings. The molecule has 0 saturated carbocycles. The Morgan fingerprint density at radius 3 is 2.53 bits per heavy atom. The number of carbonyl (C=O) groups excluding carboxylic acids is 1. The zero-order valence-corrected chi connectivity index (χ0v) is 10.4. The van der Waals surface area contributed by atoms with Gasteiger partial charge in [-0.1, -0.05) is 20.8 Å². The fourth-order valence-electron chi connectivity index (χ4n) is 1.39. The van der Waals surface area contributed by atoms with Crippen molar-refractivity contribution in [2.45, 2.75) is 39.3 Å². The van der Waals surface area contributed by atoms with E-state index in [2.05, 4.69) is 31.4 Å². The van der Waals surface area contributed by atoms with Crippen LogP contribution in [0, 0.1) is 5.41 Å². The second-order valence-electron chi connectivity index (χ2n) is 5.13. The van der Waals surface area contributed by atoms with E-state index in [4.69, 9.17) is 0 Å². The fraction of sp³-hybridized carbons (Fsp3) is 0.900. The number of amides is 1. The predicted octanol–water partition coefficient (Wildman–Crippen LogP) is 0.293. The largest absolute Gasteiger partial charge is 0.392 e. The summed E-state index contributed by atoms with van der Waals surface area (Å²) in [6.45, 7) is 7.41. The van der Waals surface area contributed by atoms with Gasteiger partial charge in [-0.2, -0.15) is 0 Å². The van der Waals surface area contributed by atoms with Gasteiger partial charge in [-0.05, 0) is 11.8 Å². The van der Waals surface area contributed by atoms with Crippen LogP contribution in [0.3, 0.4) is 0 Å². The van der Waals surface area contributed by atoms with Gasteiger partial charge in [0.05, 0.1) is 12.1 Å². The van der Waals surface area contributed by atoms with Gasteiger partial charge in [0.1, 0.15) is 0 Å². The van der Waals surface area contributed by atoms with E-state index >= 15 is 0 Å². The van der Waals surface area contributed by atoms with Crippen molar-refractivity contribution in [3.05, 3.63) is 0 Å². The summed E-state index contributed by atoms with van der Waals surface area (Å²) in [7, 11) is 0. The van der Waals surface area contributed by atoms with E-state index in [-0.39, 0.29) is 35.9 Å². The second kappa shape index (κ2) is 5.68. The van der Waals surface area contributed by atoms with Crippen LogP contribution in [-0.2, 0) is 4.79 Å². The smallest absolute Gasteiger partial charge is 0.237 e. The molecule has 0 unspecified atom stereocenters. The normalized spacial score (nSPS) is 25.9. The molecule has 3 N–H and O–H groups in total. The van der Waals surface area contributed by atoms with Crippen molar-refractivity contribution in [1.29, 1.82) is 0 Å². The fourth-order valence-corrected chi connectivity index (χ4v) is 1.39. The van der Waals surface area contributed by atoms with Crippen LogP contribution in [-0.4, -0.2) is 36.2 Å². The molecule has 4 nitrogen and oxygen atoms in total. The van der Waals surface area contributed by atoms with Crippen molar-refractivity contribution in [3.63, 3.8) is 0 Å². The van der Waals surface area contributed by atoms with E-state index in [0.29, 0.717) is 19.5 Å². The van der Waals surface area contributed by atoms with Crippen molar-refractivity contribution >= 4 is 18.3 Å². The zero-order chi connectivity index (χ0) is 10.8. The first-order valence-electron chi connectivity index (χ1n) is 5.08. The van der Waals surface area contributed by atoms with E-state index in [1.54, 1.807) is 0 Å². The number of carbonyl (C=O) groups is 1. The second-order valence-corrected chi connectivity index (χ2v) is 5.13. The minimum atomic E-state index is -0.375. The Bertz CT molecular complexity index is 216. The highest BCUT2D eigenvalue weighted by Crippen LogP contribution is 2.11. The van der Waals surface area contributed by atoms with Crippen LogP contribution in [0.5, 0.6) is 0 Å². The Hall–Kier alpha value is -0.320.